The number of hydrogen-bond donors (Lipinski definition) is 2. The summed E-state index contributed by atoms with van der Waals surface area (Å²) in [4.78, 5) is 37.1. The molecule has 7 rings (SSSR count). The van der Waals surface area contributed by atoms with Gasteiger partial charge in [0.2, 0.25) is 0 Å². The quantitative estimate of drug-likeness (QED) is 0.192. The monoisotopic (exact) mass is 647 g/mol. The average molecular weight is 648 g/mol. The summed E-state index contributed by atoms with van der Waals surface area (Å²) in [6.45, 7) is 4.88. The molecular formula is C38H41N5O5. The molecule has 1 aliphatic heterocycles. The summed E-state index contributed by atoms with van der Waals surface area (Å²) in [5.41, 5.74) is 4.78. The Labute approximate surface area is 279 Å². The second-order valence-electron chi connectivity index (χ2n) is 13.6. The van der Waals surface area contributed by atoms with Crippen LogP contribution in [0.15, 0.2) is 54.6 Å². The van der Waals surface area contributed by atoms with Crippen LogP contribution in [-0.2, 0) is 12.1 Å². The first kappa shape index (κ1) is 31.5. The minimum absolute atomic E-state index is 0.137. The second-order valence-corrected chi connectivity index (χ2v) is 13.6. The van der Waals surface area contributed by atoms with E-state index < -0.39 is 11.5 Å². The van der Waals surface area contributed by atoms with Crippen molar-refractivity contribution in [2.24, 2.45) is 0 Å². The molecular weight excluding hydrogens is 606 g/mol. The molecule has 48 heavy (non-hydrogen) atoms. The van der Waals surface area contributed by atoms with E-state index in [0.29, 0.717) is 41.8 Å². The number of carboxylic acids is 1. The summed E-state index contributed by atoms with van der Waals surface area (Å²) in [5.74, 6) is 1.75. The van der Waals surface area contributed by atoms with Crippen LogP contribution < -0.4 is 19.7 Å². The largest absolute Gasteiger partial charge is 0.497 e. The standard InChI is InChI=1S/C38H41N5O5/c1-38(2,37-39-29-19-24(36(45)46)12-14-26(29)34(40-37)42(3)4)41-35(44)23-11-15-27-30(20-23)43-17-18-48-31-21-25(47-5)13-16-28(31)33(43)32(27)22-9-7-6-8-10-22/h11-16,19-22H,6-10,17-18H2,1-5H3,(H,41,44)(H,45,46). The van der Waals surface area contributed by atoms with Crippen molar-refractivity contribution in [2.75, 3.05) is 32.7 Å². The van der Waals surface area contributed by atoms with E-state index in [1.54, 1.807) is 25.3 Å². The Bertz CT molecular complexity index is 2080. The van der Waals surface area contributed by atoms with Gasteiger partial charge in [-0.05, 0) is 80.6 Å². The van der Waals surface area contributed by atoms with Crippen molar-refractivity contribution < 1.29 is 24.2 Å². The second kappa shape index (κ2) is 12.2. The van der Waals surface area contributed by atoms with Crippen molar-refractivity contribution in [1.82, 2.24) is 19.9 Å². The SMILES string of the molecule is COc1ccc2c(c1)OCCn1c-2c(C2CCCCC2)c2ccc(C(=O)NC(C)(C)c3nc(N(C)C)c4ccc(C(=O)O)cc4n3)cc21. The van der Waals surface area contributed by atoms with Gasteiger partial charge in [-0.2, -0.15) is 0 Å². The van der Waals surface area contributed by atoms with Crippen LogP contribution >= 0.6 is 0 Å². The van der Waals surface area contributed by atoms with Crippen molar-refractivity contribution in [3.05, 3.63) is 77.1 Å². The van der Waals surface area contributed by atoms with Crippen molar-refractivity contribution in [3.63, 3.8) is 0 Å². The minimum Gasteiger partial charge on any atom is -0.497 e. The van der Waals surface area contributed by atoms with Crippen LogP contribution in [0.1, 0.15) is 84.0 Å². The highest BCUT2D eigenvalue weighted by Gasteiger charge is 2.32. The molecule has 0 atom stereocenters. The normalized spacial score (nSPS) is 14.9. The molecule has 3 aromatic carbocycles. The molecule has 0 bridgehead atoms. The van der Waals surface area contributed by atoms with Crippen molar-refractivity contribution in [3.8, 4) is 22.8 Å². The third-order valence-electron chi connectivity index (χ3n) is 9.73. The van der Waals surface area contributed by atoms with Gasteiger partial charge in [0.05, 0.1) is 36.0 Å². The smallest absolute Gasteiger partial charge is 0.335 e. The molecule has 10 heteroatoms. The van der Waals surface area contributed by atoms with Gasteiger partial charge in [-0.25, -0.2) is 14.8 Å². The van der Waals surface area contributed by atoms with E-state index in [9.17, 15) is 14.7 Å². The van der Waals surface area contributed by atoms with Crippen LogP contribution in [0.5, 0.6) is 11.5 Å². The van der Waals surface area contributed by atoms with Crippen LogP contribution in [0.3, 0.4) is 0 Å². The molecule has 1 amide bonds. The number of nitrogens with zero attached hydrogens (tertiary/aromatic N) is 4. The van der Waals surface area contributed by atoms with Crippen LogP contribution in [0.2, 0.25) is 0 Å². The summed E-state index contributed by atoms with van der Waals surface area (Å²) in [7, 11) is 5.41. The highest BCUT2D eigenvalue weighted by atomic mass is 16.5. The molecule has 0 spiro atoms. The number of carboxylic acid groups (broad SMARTS) is 1. The molecule has 1 saturated carbocycles. The van der Waals surface area contributed by atoms with Gasteiger partial charge in [0.15, 0.2) is 5.82 Å². The molecule has 0 saturated heterocycles. The first-order valence-electron chi connectivity index (χ1n) is 16.6. The third-order valence-corrected chi connectivity index (χ3v) is 9.73. The Hall–Kier alpha value is -5.12. The van der Waals surface area contributed by atoms with Crippen LogP contribution in [0.4, 0.5) is 5.82 Å². The third kappa shape index (κ3) is 5.48. The van der Waals surface area contributed by atoms with Crippen LogP contribution in [-0.4, -0.2) is 59.3 Å². The molecule has 248 valence electrons. The lowest BCUT2D eigenvalue weighted by atomic mass is 9.81. The molecule has 5 aromatic rings. The van der Waals surface area contributed by atoms with E-state index in [-0.39, 0.29) is 11.5 Å². The van der Waals surface area contributed by atoms with Gasteiger partial charge in [0, 0.05) is 47.6 Å². The Morgan fingerprint density at radius 2 is 1.73 bits per heavy atom. The fourth-order valence-corrected chi connectivity index (χ4v) is 7.31. The summed E-state index contributed by atoms with van der Waals surface area (Å²) in [6, 6.07) is 16.9. The van der Waals surface area contributed by atoms with E-state index in [1.165, 1.54) is 35.9 Å². The number of benzene rings is 3. The highest BCUT2D eigenvalue weighted by Crippen LogP contribution is 2.47. The van der Waals surface area contributed by atoms with Crippen LogP contribution in [0, 0.1) is 0 Å². The van der Waals surface area contributed by atoms with Gasteiger partial charge < -0.3 is 29.4 Å². The summed E-state index contributed by atoms with van der Waals surface area (Å²) in [5, 5.41) is 14.7. The Morgan fingerprint density at radius 3 is 2.46 bits per heavy atom. The lowest BCUT2D eigenvalue weighted by Crippen LogP contribution is -2.42. The van der Waals surface area contributed by atoms with E-state index in [1.807, 2.05) is 57.1 Å². The maximum atomic E-state index is 14.0. The van der Waals surface area contributed by atoms with E-state index in [0.717, 1.165) is 40.8 Å². The van der Waals surface area contributed by atoms with E-state index in [2.05, 4.69) is 22.0 Å². The first-order valence-corrected chi connectivity index (χ1v) is 16.6. The number of ether oxygens (including phenoxy) is 2. The molecule has 2 aromatic heterocycles. The molecule has 0 radical (unpaired) electrons. The summed E-state index contributed by atoms with van der Waals surface area (Å²) >= 11 is 0. The van der Waals surface area contributed by atoms with Crippen molar-refractivity contribution >= 4 is 39.5 Å². The molecule has 1 fully saturated rings. The molecule has 1 aliphatic carbocycles. The lowest BCUT2D eigenvalue weighted by molar-refractivity contribution is 0.0696. The first-order chi connectivity index (χ1) is 23.1. The predicted octanol–water partition coefficient (Wildman–Crippen LogP) is 7.13. The fourth-order valence-electron chi connectivity index (χ4n) is 7.31. The van der Waals surface area contributed by atoms with Gasteiger partial charge in [0.1, 0.15) is 23.9 Å². The number of hydrogen-bond acceptors (Lipinski definition) is 7. The zero-order chi connectivity index (χ0) is 33.7. The van der Waals surface area contributed by atoms with Gasteiger partial charge >= 0.3 is 5.97 Å². The number of aromatic carboxylic acids is 1. The number of anilines is 1. The summed E-state index contributed by atoms with van der Waals surface area (Å²) in [6.07, 6.45) is 5.97. The van der Waals surface area contributed by atoms with Gasteiger partial charge in [-0.3, -0.25) is 4.79 Å². The fraction of sp³-hybridized carbons (Fsp3) is 0.368. The zero-order valence-electron chi connectivity index (χ0n) is 28.1. The topological polar surface area (TPSA) is 119 Å². The number of aromatic nitrogens is 3. The van der Waals surface area contributed by atoms with E-state index >= 15 is 0 Å². The Kier molecular flexibility index (Phi) is 7.97. The van der Waals surface area contributed by atoms with Crippen molar-refractivity contribution in [1.29, 1.82) is 0 Å². The van der Waals surface area contributed by atoms with Gasteiger partial charge in [0.25, 0.3) is 5.91 Å². The number of fused-ring (bicyclic) bond motifs is 6. The lowest BCUT2D eigenvalue weighted by Gasteiger charge is -2.27. The maximum absolute atomic E-state index is 14.0. The van der Waals surface area contributed by atoms with Gasteiger partial charge in [-0.15, -0.1) is 0 Å². The molecule has 0 unspecified atom stereocenters. The number of amides is 1. The van der Waals surface area contributed by atoms with E-state index in [4.69, 9.17) is 19.4 Å². The Morgan fingerprint density at radius 1 is 0.979 bits per heavy atom. The van der Waals surface area contributed by atoms with Crippen molar-refractivity contribution in [2.45, 2.75) is 64.0 Å². The molecule has 2 aliphatic rings. The summed E-state index contributed by atoms with van der Waals surface area (Å²) < 4.78 is 14.1. The number of carbonyl (C=O) groups is 2. The average Bonchev–Trinajstić information content (AvgIpc) is 3.28. The molecule has 2 N–H and O–H groups in total. The van der Waals surface area contributed by atoms with Crippen LogP contribution in [0.25, 0.3) is 33.1 Å². The molecule has 10 nitrogen and oxygen atoms in total. The number of nitrogens with one attached hydrogen (secondary N) is 1. The zero-order valence-corrected chi connectivity index (χ0v) is 28.1. The number of carbonyl (C=O) groups excluding carboxylic acids is 1. The minimum atomic E-state index is -1.03. The maximum Gasteiger partial charge on any atom is 0.335 e. The Balaban J connectivity index is 1.30. The number of rotatable bonds is 7. The number of methoxy groups -OCH3 is 1. The molecule has 3 heterocycles. The van der Waals surface area contributed by atoms with Gasteiger partial charge in [-0.1, -0.05) is 25.3 Å². The predicted molar refractivity (Wildman–Crippen MR) is 187 cm³/mol. The highest BCUT2D eigenvalue weighted by molar-refractivity contribution is 6.02.